The molecule has 3 nitrogen and oxygen atoms in total. The summed E-state index contributed by atoms with van der Waals surface area (Å²) in [5, 5.41) is 10.8. The topological polar surface area (TPSA) is 46.5 Å². The summed E-state index contributed by atoms with van der Waals surface area (Å²) in [5.41, 5.74) is -0.440. The zero-order chi connectivity index (χ0) is 13.1. The first-order chi connectivity index (χ1) is 8.59. The summed E-state index contributed by atoms with van der Waals surface area (Å²) in [6, 6.07) is 5.82. The molecule has 1 heterocycles. The van der Waals surface area contributed by atoms with Crippen LogP contribution in [0, 0.1) is 5.82 Å². The van der Waals surface area contributed by atoms with Crippen molar-refractivity contribution in [2.75, 3.05) is 0 Å². The Labute approximate surface area is 115 Å². The number of hydrogen-bond donors (Lipinski definition) is 1. The van der Waals surface area contributed by atoms with E-state index in [1.54, 1.807) is 0 Å². The zero-order valence-electron chi connectivity index (χ0n) is 9.02. The molecule has 1 aromatic carbocycles. The van der Waals surface area contributed by atoms with E-state index in [4.69, 9.17) is 9.84 Å². The van der Waals surface area contributed by atoms with Crippen LogP contribution in [0.1, 0.15) is 15.2 Å². The Morgan fingerprint density at radius 3 is 2.83 bits per heavy atom. The molecule has 0 saturated carbocycles. The van der Waals surface area contributed by atoms with Gasteiger partial charge >= 0.3 is 5.97 Å². The maximum Gasteiger partial charge on any atom is 0.342 e. The number of carboxylic acids is 1. The smallest absolute Gasteiger partial charge is 0.342 e. The molecule has 1 N–H and O–H groups in total. The summed E-state index contributed by atoms with van der Waals surface area (Å²) >= 11 is 4.82. The molecule has 0 saturated heterocycles. The molecule has 0 unspecified atom stereocenters. The van der Waals surface area contributed by atoms with E-state index < -0.39 is 17.3 Å². The van der Waals surface area contributed by atoms with Crippen molar-refractivity contribution in [3.05, 3.63) is 50.4 Å². The van der Waals surface area contributed by atoms with Crippen molar-refractivity contribution >= 4 is 33.2 Å². The van der Waals surface area contributed by atoms with Crippen molar-refractivity contribution in [3.8, 4) is 5.75 Å². The molecular weight excluding hydrogens is 323 g/mol. The molecule has 0 fully saturated rings. The predicted octanol–water partition coefficient (Wildman–Crippen LogP) is 3.93. The van der Waals surface area contributed by atoms with E-state index in [0.717, 1.165) is 15.4 Å². The minimum atomic E-state index is -1.34. The van der Waals surface area contributed by atoms with Crippen LogP contribution in [0.15, 0.2) is 34.1 Å². The quantitative estimate of drug-likeness (QED) is 0.923. The van der Waals surface area contributed by atoms with Gasteiger partial charge in [0.15, 0.2) is 0 Å². The molecule has 0 amide bonds. The van der Waals surface area contributed by atoms with E-state index in [0.29, 0.717) is 0 Å². The molecule has 0 aliphatic heterocycles. The monoisotopic (exact) mass is 330 g/mol. The van der Waals surface area contributed by atoms with Crippen LogP contribution in [0.4, 0.5) is 4.39 Å². The number of hydrogen-bond acceptors (Lipinski definition) is 3. The Morgan fingerprint density at radius 2 is 2.22 bits per heavy atom. The number of carbonyl (C=O) groups is 1. The first-order valence-corrected chi connectivity index (χ1v) is 6.63. The molecule has 2 rings (SSSR count). The van der Waals surface area contributed by atoms with Crippen LogP contribution in [-0.2, 0) is 6.61 Å². The van der Waals surface area contributed by atoms with Crippen LogP contribution in [0.5, 0.6) is 5.75 Å². The fraction of sp³-hybridized carbons (Fsp3) is 0.0833. The van der Waals surface area contributed by atoms with Gasteiger partial charge in [0.1, 0.15) is 23.7 Å². The second-order valence-corrected chi connectivity index (χ2v) is 5.25. The molecule has 0 aliphatic carbocycles. The normalized spacial score (nSPS) is 10.3. The van der Waals surface area contributed by atoms with Crippen molar-refractivity contribution in [3.63, 3.8) is 0 Å². The van der Waals surface area contributed by atoms with Gasteiger partial charge in [-0.25, -0.2) is 9.18 Å². The summed E-state index contributed by atoms with van der Waals surface area (Å²) in [6.07, 6.45) is 0. The average Bonchev–Trinajstić information content (AvgIpc) is 2.71. The number of carboxylic acid groups (broad SMARTS) is 1. The van der Waals surface area contributed by atoms with Gasteiger partial charge in [0.05, 0.1) is 4.88 Å². The van der Waals surface area contributed by atoms with Gasteiger partial charge in [-0.3, -0.25) is 0 Å². The maximum atomic E-state index is 13.4. The predicted molar refractivity (Wildman–Crippen MR) is 69.7 cm³/mol. The summed E-state index contributed by atoms with van der Waals surface area (Å²) < 4.78 is 19.6. The number of benzene rings is 1. The van der Waals surface area contributed by atoms with Gasteiger partial charge in [-0.1, -0.05) is 6.07 Å². The Morgan fingerprint density at radius 1 is 1.44 bits per heavy atom. The van der Waals surface area contributed by atoms with Crippen molar-refractivity contribution in [1.82, 2.24) is 0 Å². The fourth-order valence-electron chi connectivity index (χ4n) is 1.40. The molecular formula is C12H8BrFO3S. The number of aromatic carboxylic acids is 1. The van der Waals surface area contributed by atoms with Gasteiger partial charge in [0.25, 0.3) is 0 Å². The summed E-state index contributed by atoms with van der Waals surface area (Å²) in [4.78, 5) is 11.9. The lowest BCUT2D eigenvalue weighted by Gasteiger charge is -2.08. The van der Waals surface area contributed by atoms with Gasteiger partial charge in [-0.2, -0.15) is 0 Å². The Hall–Kier alpha value is -1.40. The minimum absolute atomic E-state index is 0.0304. The first-order valence-electron chi connectivity index (χ1n) is 4.96. The number of rotatable bonds is 4. The summed E-state index contributed by atoms with van der Waals surface area (Å²) in [7, 11) is 0. The lowest BCUT2D eigenvalue weighted by atomic mass is 10.2. The van der Waals surface area contributed by atoms with Crippen LogP contribution in [0.2, 0.25) is 0 Å². The number of thiophene rings is 1. The number of ether oxygens (including phenoxy) is 1. The van der Waals surface area contributed by atoms with Crippen LogP contribution >= 0.6 is 27.3 Å². The Bertz CT molecular complexity index is 582. The van der Waals surface area contributed by atoms with Crippen molar-refractivity contribution in [2.45, 2.75) is 6.61 Å². The standard InChI is InChI=1S/C12H8BrFO3S/c13-7-4-5-18-10(7)6-17-9-3-1-2-8(14)11(9)12(15)16/h1-5H,6H2,(H,15,16). The Balaban J connectivity index is 2.22. The van der Waals surface area contributed by atoms with Crippen molar-refractivity contribution < 1.29 is 19.0 Å². The van der Waals surface area contributed by atoms with Gasteiger partial charge in [-0.15, -0.1) is 11.3 Å². The van der Waals surface area contributed by atoms with Crippen molar-refractivity contribution in [2.24, 2.45) is 0 Å². The van der Waals surface area contributed by atoms with E-state index in [-0.39, 0.29) is 12.4 Å². The zero-order valence-corrected chi connectivity index (χ0v) is 11.4. The van der Waals surface area contributed by atoms with Crippen LogP contribution in [0.3, 0.4) is 0 Å². The molecule has 0 atom stereocenters. The van der Waals surface area contributed by atoms with Gasteiger partial charge in [0, 0.05) is 4.47 Å². The van der Waals surface area contributed by atoms with E-state index in [9.17, 15) is 9.18 Å². The highest BCUT2D eigenvalue weighted by Gasteiger charge is 2.17. The fourth-order valence-corrected chi connectivity index (χ4v) is 2.78. The SMILES string of the molecule is O=C(O)c1c(F)cccc1OCc1sccc1Br. The molecule has 6 heteroatoms. The van der Waals surface area contributed by atoms with Gasteiger partial charge in [0.2, 0.25) is 0 Å². The molecule has 1 aromatic heterocycles. The second-order valence-electron chi connectivity index (χ2n) is 3.40. The summed E-state index contributed by atoms with van der Waals surface area (Å²) in [6.45, 7) is 0.196. The van der Waals surface area contributed by atoms with Crippen LogP contribution < -0.4 is 4.74 Å². The third kappa shape index (κ3) is 2.70. The van der Waals surface area contributed by atoms with E-state index in [1.165, 1.54) is 23.5 Å². The molecule has 0 radical (unpaired) electrons. The Kier molecular flexibility index (Phi) is 3.98. The molecule has 0 bridgehead atoms. The first kappa shape index (κ1) is 13.0. The third-order valence-corrected chi connectivity index (χ3v) is 4.14. The molecule has 0 spiro atoms. The molecule has 18 heavy (non-hydrogen) atoms. The summed E-state index contributed by atoms with van der Waals surface area (Å²) in [5.74, 6) is -2.11. The van der Waals surface area contributed by atoms with E-state index in [2.05, 4.69) is 15.9 Å². The lowest BCUT2D eigenvalue weighted by Crippen LogP contribution is -2.05. The highest BCUT2D eigenvalue weighted by atomic mass is 79.9. The minimum Gasteiger partial charge on any atom is -0.487 e. The highest BCUT2D eigenvalue weighted by molar-refractivity contribution is 9.10. The van der Waals surface area contributed by atoms with Crippen LogP contribution in [-0.4, -0.2) is 11.1 Å². The van der Waals surface area contributed by atoms with Gasteiger partial charge < -0.3 is 9.84 Å². The number of halogens is 2. The van der Waals surface area contributed by atoms with Crippen molar-refractivity contribution in [1.29, 1.82) is 0 Å². The third-order valence-electron chi connectivity index (χ3n) is 2.24. The largest absolute Gasteiger partial charge is 0.487 e. The van der Waals surface area contributed by atoms with E-state index in [1.807, 2.05) is 11.4 Å². The lowest BCUT2D eigenvalue weighted by molar-refractivity contribution is 0.0686. The van der Waals surface area contributed by atoms with Crippen LogP contribution in [0.25, 0.3) is 0 Å². The second kappa shape index (κ2) is 5.49. The van der Waals surface area contributed by atoms with E-state index >= 15 is 0 Å². The molecule has 2 aromatic rings. The molecule has 94 valence electrons. The average molecular weight is 331 g/mol. The maximum absolute atomic E-state index is 13.4. The highest BCUT2D eigenvalue weighted by Crippen LogP contribution is 2.27. The molecule has 0 aliphatic rings. The van der Waals surface area contributed by atoms with Gasteiger partial charge in [-0.05, 0) is 39.5 Å².